The molecule has 5 aliphatic heterocycles. The first-order chi connectivity index (χ1) is 50.3. The molecule has 0 bridgehead atoms. The summed E-state index contributed by atoms with van der Waals surface area (Å²) in [7, 11) is 0. The average Bonchev–Trinajstić information content (AvgIpc) is 1.64. The van der Waals surface area contributed by atoms with Crippen LogP contribution in [0.4, 0.5) is 0 Å². The number of aliphatic hydroxyl groups is 1. The molecule has 0 spiro atoms. The predicted octanol–water partition coefficient (Wildman–Crippen LogP) is -4.81. The van der Waals surface area contributed by atoms with Gasteiger partial charge in [-0.25, -0.2) is 0 Å². The van der Waals surface area contributed by atoms with E-state index in [4.69, 9.17) is 11.5 Å². The van der Waals surface area contributed by atoms with Gasteiger partial charge in [0.2, 0.25) is 59.1 Å². The quantitative estimate of drug-likeness (QED) is 0.0277. The Hall–Kier alpha value is -9.15. The first-order valence-electron chi connectivity index (χ1n) is 35.2. The molecule has 6 rings (SSSR count). The van der Waals surface area contributed by atoms with Crippen LogP contribution in [0, 0.1) is 0 Å². The van der Waals surface area contributed by atoms with E-state index in [2.05, 4.69) is 31.9 Å². The molecule has 0 aromatic heterocycles. The lowest BCUT2D eigenvalue weighted by Crippen LogP contribution is -2.62. The fourth-order valence-corrected chi connectivity index (χ4v) is 15.1. The standard InChI is InChI=1S/C67H97N15O22S2/c1-3-4-6-17-50(86)70-46-38-106-57-56(66(103)82(67(57)104)22-9-14-41(84)33-76-23-25-77(34-52(89)90)27-29-79(36-54(93)94)30-28-78(26-24-76)35-53(91)92)105-37-45(61(98)72-43(58(69)95)32-51(87)88)74-60(97)44(31-40-12-7-5-8-13-40)73-59(96)42(18-19-49(68)85)71-63(100)55(39(2)83)75-62(99)47-15-10-20-80(47)65(102)48-16-11-21-81(48)64(46)101/h5,7-8,12-13,39,42-48,55,83H,3-4,6,9-11,14-38H2,1-2H3,(H2,68,85)(H2,69,95)(H,70,86)(H,71,100)(H,72,98)(H,73,96)(H,74,97)(H,75,99)(H,87,88)(H,89,90)(H,91,92)(H,93,94)/t39-,42+,43+,44+,45+,46+,47+,48+,55+/m1/s1. The highest BCUT2D eigenvalue weighted by molar-refractivity contribution is 8.08. The Morgan fingerprint density at radius 2 is 1.09 bits per heavy atom. The van der Waals surface area contributed by atoms with Gasteiger partial charge in [0.15, 0.2) is 0 Å². The maximum absolute atomic E-state index is 15.2. The highest BCUT2D eigenvalue weighted by Gasteiger charge is 2.47. The third kappa shape index (κ3) is 26.7. The summed E-state index contributed by atoms with van der Waals surface area (Å²) in [5.41, 5.74) is 11.4. The number of amides is 12. The molecule has 3 fully saturated rings. The van der Waals surface area contributed by atoms with Gasteiger partial charge in [-0.15, -0.1) is 23.5 Å². The number of carbonyl (C=O) groups excluding carboxylic acids is 13. The minimum Gasteiger partial charge on any atom is -0.481 e. The first kappa shape index (κ1) is 85.8. The van der Waals surface area contributed by atoms with Gasteiger partial charge < -0.3 is 78.7 Å². The molecule has 37 nitrogen and oxygen atoms in total. The zero-order valence-corrected chi connectivity index (χ0v) is 60.9. The molecular weight excluding hydrogens is 1430 g/mol. The van der Waals surface area contributed by atoms with Crippen LogP contribution >= 0.6 is 23.5 Å². The Morgan fingerprint density at radius 1 is 0.575 bits per heavy atom. The number of carboxylic acids is 4. The molecule has 5 aliphatic rings. The highest BCUT2D eigenvalue weighted by Crippen LogP contribution is 2.38. The van der Waals surface area contributed by atoms with Crippen molar-refractivity contribution in [2.45, 2.75) is 158 Å². The van der Waals surface area contributed by atoms with Gasteiger partial charge in [0.25, 0.3) is 11.8 Å². The number of nitrogens with one attached hydrogen (secondary N) is 6. The number of aliphatic hydroxyl groups excluding tert-OH is 1. The highest BCUT2D eigenvalue weighted by atomic mass is 32.2. The number of benzene rings is 1. The van der Waals surface area contributed by atoms with Crippen molar-refractivity contribution in [3.8, 4) is 0 Å². The van der Waals surface area contributed by atoms with Gasteiger partial charge >= 0.3 is 23.9 Å². The SMILES string of the molecule is CCCCCC(=O)N[C@H]1CSC2=C(SC[C@@H](C(=O)N[C@@H](CC(=O)O)C(N)=O)NC(=O)[C@H](Cc3ccccc3)NC(=O)[C@H](CCC(N)=O)NC(=O)[C@H]([C@@H](C)O)NC(=O)[C@@H]3CCCN3C(=O)[C@@H]3CCCN3C1=O)C(=O)N(CCCC(=O)CN1CCN(CC(=O)O)CCN(CC(=O)O)CCN(CC(=O)O)CC1)C2=O. The third-order valence-electron chi connectivity index (χ3n) is 18.4. The normalized spacial score (nSPS) is 23.7. The summed E-state index contributed by atoms with van der Waals surface area (Å²) in [6, 6.07) is -5.31. The summed E-state index contributed by atoms with van der Waals surface area (Å²) in [5, 5.41) is 64.8. The van der Waals surface area contributed by atoms with Crippen molar-refractivity contribution in [2.75, 3.05) is 110 Å². The van der Waals surface area contributed by atoms with E-state index in [-0.39, 0.29) is 135 Å². The van der Waals surface area contributed by atoms with Crippen molar-refractivity contribution >= 4 is 124 Å². The number of aliphatic carboxylic acids is 4. The smallest absolute Gasteiger partial charge is 0.317 e. The van der Waals surface area contributed by atoms with Crippen LogP contribution in [-0.4, -0.2) is 324 Å². The predicted molar refractivity (Wildman–Crippen MR) is 378 cm³/mol. The van der Waals surface area contributed by atoms with Crippen molar-refractivity contribution in [1.82, 2.24) is 66.2 Å². The molecule has 5 heterocycles. The van der Waals surface area contributed by atoms with Gasteiger partial charge in [-0.3, -0.25) is 106 Å². The Labute approximate surface area is 619 Å². The van der Waals surface area contributed by atoms with Gasteiger partial charge in [0.05, 0.1) is 48.5 Å². The molecule has 39 heteroatoms. The largest absolute Gasteiger partial charge is 0.481 e. The number of hydrogen-bond acceptors (Lipinski definition) is 24. The van der Waals surface area contributed by atoms with Crippen LogP contribution in [0.3, 0.4) is 0 Å². The number of nitrogens with zero attached hydrogens (tertiary/aromatic N) is 7. The molecule has 15 N–H and O–H groups in total. The number of unbranched alkanes of at least 4 members (excludes halogenated alkanes) is 2. The fourth-order valence-electron chi connectivity index (χ4n) is 12.8. The Bertz CT molecular complexity index is 3410. The Balaban J connectivity index is 1.42. The first-order valence-corrected chi connectivity index (χ1v) is 37.2. The van der Waals surface area contributed by atoms with Crippen molar-refractivity contribution in [2.24, 2.45) is 11.5 Å². The van der Waals surface area contributed by atoms with E-state index >= 15 is 19.2 Å². The molecule has 106 heavy (non-hydrogen) atoms. The number of ketones is 1. The van der Waals surface area contributed by atoms with E-state index in [1.807, 2.05) is 6.92 Å². The molecule has 0 aliphatic carbocycles. The van der Waals surface area contributed by atoms with Crippen LogP contribution in [0.1, 0.15) is 103 Å². The van der Waals surface area contributed by atoms with Crippen LogP contribution in [0.5, 0.6) is 0 Å². The molecule has 0 saturated carbocycles. The summed E-state index contributed by atoms with van der Waals surface area (Å²) < 4.78 is 0. The summed E-state index contributed by atoms with van der Waals surface area (Å²) in [4.78, 5) is 243. The number of imide groups is 1. The minimum absolute atomic E-state index is 0.00900. The molecule has 584 valence electrons. The second-order valence-electron chi connectivity index (χ2n) is 26.6. The van der Waals surface area contributed by atoms with Gasteiger partial charge in [-0.05, 0) is 57.4 Å². The van der Waals surface area contributed by atoms with Gasteiger partial charge in [-0.2, -0.15) is 0 Å². The van der Waals surface area contributed by atoms with E-state index in [0.29, 0.717) is 48.3 Å². The number of fused-ring (bicyclic) bond motifs is 2. The van der Waals surface area contributed by atoms with Crippen LogP contribution in [0.2, 0.25) is 0 Å². The maximum atomic E-state index is 15.2. The van der Waals surface area contributed by atoms with Crippen molar-refractivity contribution < 1.29 is 107 Å². The topological polar surface area (TPSA) is 538 Å². The van der Waals surface area contributed by atoms with Crippen LogP contribution in [0.15, 0.2) is 40.1 Å². The van der Waals surface area contributed by atoms with E-state index < -0.39 is 210 Å². The van der Waals surface area contributed by atoms with Gasteiger partial charge in [0, 0.05) is 109 Å². The monoisotopic (exact) mass is 1530 g/mol. The summed E-state index contributed by atoms with van der Waals surface area (Å²) in [6.07, 6.45) is -2.30. The summed E-state index contributed by atoms with van der Waals surface area (Å²) in [5.74, 6) is -18.8. The summed E-state index contributed by atoms with van der Waals surface area (Å²) in [6.45, 7) is 1.91. The number of rotatable bonds is 28. The lowest BCUT2D eigenvalue weighted by molar-refractivity contribution is -0.148. The molecule has 3 saturated heterocycles. The minimum atomic E-state index is -1.96. The van der Waals surface area contributed by atoms with E-state index in [1.165, 1.54) is 9.80 Å². The molecule has 1 aromatic rings. The third-order valence-corrected chi connectivity index (χ3v) is 20.8. The lowest BCUT2D eigenvalue weighted by Gasteiger charge is -2.33. The van der Waals surface area contributed by atoms with Crippen LogP contribution in [-0.2, 0) is 87.9 Å². The summed E-state index contributed by atoms with van der Waals surface area (Å²) >= 11 is 1.13. The van der Waals surface area contributed by atoms with E-state index in [1.54, 1.807) is 49.9 Å². The molecule has 9 atom stereocenters. The zero-order chi connectivity index (χ0) is 77.9. The van der Waals surface area contributed by atoms with E-state index in [0.717, 1.165) is 11.8 Å². The van der Waals surface area contributed by atoms with E-state index in [9.17, 15) is 87.9 Å². The number of thioether (sulfide) groups is 2. The molecule has 1 aromatic carbocycles. The second-order valence-corrected chi connectivity index (χ2v) is 28.7. The second kappa shape index (κ2) is 42.3. The molecule has 0 unspecified atom stereocenters. The lowest BCUT2D eigenvalue weighted by atomic mass is 10.0. The number of carbonyl (C=O) groups is 17. The van der Waals surface area contributed by atoms with Crippen LogP contribution < -0.4 is 43.4 Å². The Kier molecular flexibility index (Phi) is 34.2. The van der Waals surface area contributed by atoms with Gasteiger partial charge in [-0.1, -0.05) is 50.1 Å². The molecule has 0 radical (unpaired) electrons. The van der Waals surface area contributed by atoms with Crippen molar-refractivity contribution in [3.05, 3.63) is 45.7 Å². The maximum Gasteiger partial charge on any atom is 0.317 e. The number of hydrogen-bond donors (Lipinski definition) is 13. The van der Waals surface area contributed by atoms with Crippen molar-refractivity contribution in [1.29, 1.82) is 0 Å². The number of carboxylic acid groups (broad SMARTS) is 4. The van der Waals surface area contributed by atoms with Crippen LogP contribution in [0.25, 0.3) is 0 Å². The fraction of sp³-hybridized carbons (Fsp3) is 0.627. The van der Waals surface area contributed by atoms with Gasteiger partial charge in [0.1, 0.15) is 54.1 Å². The zero-order valence-electron chi connectivity index (χ0n) is 59.3. The Morgan fingerprint density at radius 3 is 1.61 bits per heavy atom. The molecule has 12 amide bonds. The number of Topliss-reactive ketones (excluding diaryl/α,β-unsaturated/α-hetero) is 1. The van der Waals surface area contributed by atoms with Crippen molar-refractivity contribution in [3.63, 3.8) is 0 Å². The average molecular weight is 1530 g/mol. The number of nitrogens with two attached hydrogens (primary N) is 2. The molecular formula is C67H97N15O22S2. The number of primary amides is 2.